The summed E-state index contributed by atoms with van der Waals surface area (Å²) >= 11 is 0. The van der Waals surface area contributed by atoms with Crippen LogP contribution < -0.4 is 0 Å². The van der Waals surface area contributed by atoms with Gasteiger partial charge in [0, 0.05) is 5.56 Å². The maximum absolute atomic E-state index is 7.02. The van der Waals surface area contributed by atoms with Gasteiger partial charge in [0.15, 0.2) is 0 Å². The van der Waals surface area contributed by atoms with E-state index in [4.69, 9.17) is 6.42 Å². The van der Waals surface area contributed by atoms with Gasteiger partial charge in [-0.1, -0.05) is 36.3 Å². The van der Waals surface area contributed by atoms with Crippen molar-refractivity contribution in [3.8, 4) is 17.0 Å². The van der Waals surface area contributed by atoms with Crippen molar-refractivity contribution in [3.63, 3.8) is 0 Å². The molecule has 0 heterocycles. The van der Waals surface area contributed by atoms with Gasteiger partial charge in [-0.15, -0.1) is 0 Å². The molecule has 0 atom stereocenters. The van der Waals surface area contributed by atoms with E-state index in [1.165, 1.54) is 0 Å². The molecule has 0 heteroatoms. The fourth-order valence-electron chi connectivity index (χ4n) is 1.25. The van der Waals surface area contributed by atoms with Crippen molar-refractivity contribution in [2.24, 2.45) is 0 Å². The third-order valence-electron chi connectivity index (χ3n) is 1.84. The molecule has 0 nitrogen and oxygen atoms in total. The van der Waals surface area contributed by atoms with Gasteiger partial charge in [0.2, 0.25) is 0 Å². The number of rotatable bonds is 0. The number of hydrogen-bond acceptors (Lipinski definition) is 0. The van der Waals surface area contributed by atoms with Gasteiger partial charge in [-0.05, 0) is 29.7 Å². The SMILES string of the molecule is [C]#Cc1[c]cc2cccccc1-2. The average Bonchev–Trinajstić information content (AvgIpc) is 2.33. The van der Waals surface area contributed by atoms with Gasteiger partial charge in [-0.2, -0.15) is 0 Å². The number of hydrogen-bond donors (Lipinski definition) is 0. The summed E-state index contributed by atoms with van der Waals surface area (Å²) in [7, 11) is 0. The van der Waals surface area contributed by atoms with Gasteiger partial charge >= 0.3 is 0 Å². The monoisotopic (exact) mass is 150 g/mol. The highest BCUT2D eigenvalue weighted by Gasteiger charge is 2.04. The predicted octanol–water partition coefficient (Wildman–Crippen LogP) is 2.53. The molecule has 0 aliphatic heterocycles. The minimum absolute atomic E-state index is 0.737. The van der Waals surface area contributed by atoms with Gasteiger partial charge in [0.1, 0.15) is 0 Å². The topological polar surface area (TPSA) is 0 Å². The third kappa shape index (κ3) is 0.963. The highest BCUT2D eigenvalue weighted by Crippen LogP contribution is 2.24. The lowest BCUT2D eigenvalue weighted by Gasteiger charge is -1.90. The molecule has 2 radical (unpaired) electrons. The lowest BCUT2D eigenvalue weighted by atomic mass is 10.1. The van der Waals surface area contributed by atoms with Crippen LogP contribution in [0.2, 0.25) is 0 Å². The Morgan fingerprint density at radius 1 is 1.17 bits per heavy atom. The van der Waals surface area contributed by atoms with Crippen LogP contribution in [0.15, 0.2) is 36.4 Å². The fraction of sp³-hybridized carbons (Fsp3) is 0. The van der Waals surface area contributed by atoms with Crippen LogP contribution in [0.1, 0.15) is 5.56 Å². The molecule has 0 aromatic heterocycles. The molecule has 0 spiro atoms. The lowest BCUT2D eigenvalue weighted by molar-refractivity contribution is 1.77. The first kappa shape index (κ1) is 6.94. The molecule has 0 aromatic carbocycles. The molecule has 2 aliphatic rings. The van der Waals surface area contributed by atoms with E-state index in [-0.39, 0.29) is 0 Å². The second kappa shape index (κ2) is 2.71. The Labute approximate surface area is 72.2 Å². The van der Waals surface area contributed by atoms with Crippen LogP contribution >= 0.6 is 0 Å². The molecule has 0 bridgehead atoms. The molecule has 54 valence electrons. The zero-order valence-corrected chi connectivity index (χ0v) is 6.46. The Hall–Kier alpha value is -1.74. The minimum Gasteiger partial charge on any atom is -0.0622 e. The zero-order chi connectivity index (χ0) is 8.39. The van der Waals surface area contributed by atoms with Crippen LogP contribution in [0, 0.1) is 18.4 Å². The van der Waals surface area contributed by atoms with Gasteiger partial charge in [-0.25, -0.2) is 0 Å². The summed E-state index contributed by atoms with van der Waals surface area (Å²) in [5.74, 6) is 2.36. The molecule has 0 unspecified atom stereocenters. The Bertz CT molecular complexity index is 407. The van der Waals surface area contributed by atoms with E-state index < -0.39 is 0 Å². The molecule has 0 N–H and O–H groups in total. The lowest BCUT2D eigenvalue weighted by Crippen LogP contribution is -1.70. The quantitative estimate of drug-likeness (QED) is 0.506. The van der Waals surface area contributed by atoms with Crippen molar-refractivity contribution in [1.82, 2.24) is 0 Å². The smallest absolute Gasteiger partial charge is 0.0413 e. The van der Waals surface area contributed by atoms with E-state index in [0.717, 1.165) is 16.7 Å². The summed E-state index contributed by atoms with van der Waals surface area (Å²) in [5, 5.41) is 0. The van der Waals surface area contributed by atoms with Crippen LogP contribution in [0.5, 0.6) is 0 Å². The van der Waals surface area contributed by atoms with Gasteiger partial charge in [0.25, 0.3) is 0 Å². The summed E-state index contributed by atoms with van der Waals surface area (Å²) in [6, 6.07) is 14.7. The van der Waals surface area contributed by atoms with E-state index in [2.05, 4.69) is 12.0 Å². The maximum atomic E-state index is 7.02. The molecular weight excluding hydrogens is 144 g/mol. The second-order valence-corrected chi connectivity index (χ2v) is 2.57. The van der Waals surface area contributed by atoms with E-state index >= 15 is 0 Å². The van der Waals surface area contributed by atoms with Gasteiger partial charge in [0.05, 0.1) is 0 Å². The second-order valence-electron chi connectivity index (χ2n) is 2.57. The molecule has 12 heavy (non-hydrogen) atoms. The molecule has 0 fully saturated rings. The summed E-state index contributed by atoms with van der Waals surface area (Å²) in [5.41, 5.74) is 2.88. The highest BCUT2D eigenvalue weighted by atomic mass is 14.1. The predicted molar refractivity (Wildman–Crippen MR) is 48.1 cm³/mol. The molecular formula is C12H6. The van der Waals surface area contributed by atoms with Crippen LogP contribution in [0.3, 0.4) is 0 Å². The third-order valence-corrected chi connectivity index (χ3v) is 1.84. The normalized spacial score (nSPS) is 9.58. The fourth-order valence-corrected chi connectivity index (χ4v) is 1.25. The van der Waals surface area contributed by atoms with Gasteiger partial charge < -0.3 is 0 Å². The minimum atomic E-state index is 0.737. The summed E-state index contributed by atoms with van der Waals surface area (Å²) in [6.07, 6.45) is 7.02. The Morgan fingerprint density at radius 3 is 2.83 bits per heavy atom. The molecule has 2 aliphatic carbocycles. The van der Waals surface area contributed by atoms with Crippen molar-refractivity contribution in [3.05, 3.63) is 54.5 Å². The first-order valence-corrected chi connectivity index (χ1v) is 3.74. The van der Waals surface area contributed by atoms with Crippen LogP contribution in [0.4, 0.5) is 0 Å². The van der Waals surface area contributed by atoms with Crippen LogP contribution in [-0.4, -0.2) is 0 Å². The molecule has 0 amide bonds. The molecule has 0 saturated heterocycles. The Balaban J connectivity index is 2.75. The van der Waals surface area contributed by atoms with E-state index in [1.54, 1.807) is 0 Å². The van der Waals surface area contributed by atoms with Crippen molar-refractivity contribution < 1.29 is 0 Å². The number of fused-ring (bicyclic) bond motifs is 1. The maximum Gasteiger partial charge on any atom is 0.0413 e. The van der Waals surface area contributed by atoms with Crippen LogP contribution in [-0.2, 0) is 0 Å². The molecule has 2 rings (SSSR count). The largest absolute Gasteiger partial charge is 0.0622 e. The first-order chi connectivity index (χ1) is 5.92. The van der Waals surface area contributed by atoms with E-state index in [0.29, 0.717) is 0 Å². The summed E-state index contributed by atoms with van der Waals surface area (Å²) < 4.78 is 0. The zero-order valence-electron chi connectivity index (χ0n) is 6.46. The van der Waals surface area contributed by atoms with Crippen molar-refractivity contribution in [1.29, 1.82) is 0 Å². The standard InChI is InChI=1S/C12H6/c1-2-10-8-9-11-6-4-3-5-7-12(10)11/h3-7,9H. The first-order valence-electron chi connectivity index (χ1n) is 3.74. The van der Waals surface area contributed by atoms with Crippen molar-refractivity contribution in [2.75, 3.05) is 0 Å². The van der Waals surface area contributed by atoms with E-state index in [1.807, 2.05) is 36.4 Å². The highest BCUT2D eigenvalue weighted by molar-refractivity contribution is 5.73. The van der Waals surface area contributed by atoms with Crippen molar-refractivity contribution >= 4 is 0 Å². The Morgan fingerprint density at radius 2 is 2.00 bits per heavy atom. The molecule has 0 saturated carbocycles. The summed E-state index contributed by atoms with van der Waals surface area (Å²) in [6.45, 7) is 0. The van der Waals surface area contributed by atoms with Gasteiger partial charge in [-0.3, -0.25) is 0 Å². The van der Waals surface area contributed by atoms with Crippen molar-refractivity contribution in [2.45, 2.75) is 0 Å². The average molecular weight is 150 g/mol. The molecule has 0 aromatic rings. The van der Waals surface area contributed by atoms with E-state index in [9.17, 15) is 0 Å². The Kier molecular flexibility index (Phi) is 1.57. The van der Waals surface area contributed by atoms with Crippen LogP contribution in [0.25, 0.3) is 11.1 Å². The summed E-state index contributed by atoms with van der Waals surface area (Å²) in [4.78, 5) is 0.